The molecule has 0 N–H and O–H groups in total. The highest BCUT2D eigenvalue weighted by atomic mass is 32.2. The van der Waals surface area contributed by atoms with Crippen molar-refractivity contribution in [2.24, 2.45) is 0 Å². The first-order valence-corrected chi connectivity index (χ1v) is 12.1. The minimum Gasteiger partial charge on any atom is -0.341 e. The third-order valence-electron chi connectivity index (χ3n) is 5.77. The van der Waals surface area contributed by atoms with E-state index in [4.69, 9.17) is 0 Å². The largest absolute Gasteiger partial charge is 0.341 e. The first kappa shape index (κ1) is 21.2. The van der Waals surface area contributed by atoms with Crippen LogP contribution < -0.4 is 0 Å². The van der Waals surface area contributed by atoms with Crippen LogP contribution in [-0.4, -0.2) is 85.0 Å². The highest BCUT2D eigenvalue weighted by Crippen LogP contribution is 2.20. The molecule has 2 saturated heterocycles. The number of hydrogen-bond acceptors (Lipinski definition) is 5. The lowest BCUT2D eigenvalue weighted by Crippen LogP contribution is -2.53. The average Bonchev–Trinajstić information content (AvgIpc) is 2.69. The van der Waals surface area contributed by atoms with Crippen molar-refractivity contribution in [3.05, 3.63) is 30.1 Å². The summed E-state index contributed by atoms with van der Waals surface area (Å²) in [6, 6.07) is 3.57. The van der Waals surface area contributed by atoms with Gasteiger partial charge in [-0.15, -0.1) is 0 Å². The van der Waals surface area contributed by atoms with Crippen molar-refractivity contribution < 1.29 is 13.2 Å². The number of likely N-dealkylation sites (tertiary alicyclic amines) is 2. The second kappa shape index (κ2) is 9.80. The summed E-state index contributed by atoms with van der Waals surface area (Å²) < 4.78 is 26.6. The minimum atomic E-state index is -3.31. The quantitative estimate of drug-likeness (QED) is 0.681. The second-order valence-corrected chi connectivity index (χ2v) is 9.88. The summed E-state index contributed by atoms with van der Waals surface area (Å²) in [5.74, 6) is 0.0559. The van der Waals surface area contributed by atoms with Crippen molar-refractivity contribution in [2.45, 2.75) is 44.6 Å². The maximum absolute atomic E-state index is 12.7. The molecule has 0 saturated carbocycles. The Morgan fingerprint density at radius 2 is 1.86 bits per heavy atom. The molecule has 3 heterocycles. The van der Waals surface area contributed by atoms with Gasteiger partial charge in [0.1, 0.15) is 0 Å². The molecule has 156 valence electrons. The summed E-state index contributed by atoms with van der Waals surface area (Å²) >= 11 is 0. The van der Waals surface area contributed by atoms with Gasteiger partial charge in [-0.2, -0.15) is 4.31 Å². The Morgan fingerprint density at radius 1 is 1.14 bits per heavy atom. The summed E-state index contributed by atoms with van der Waals surface area (Å²) in [7, 11) is -3.31. The maximum Gasteiger partial charge on any atom is 0.227 e. The molecule has 1 aromatic rings. The van der Waals surface area contributed by atoms with Crippen LogP contribution in [0.25, 0.3) is 0 Å². The van der Waals surface area contributed by atoms with Crippen LogP contribution in [0.1, 0.15) is 37.7 Å². The lowest BCUT2D eigenvalue weighted by atomic mass is 10.0. The van der Waals surface area contributed by atoms with E-state index in [1.807, 2.05) is 17.0 Å². The SMILES string of the molecule is CS(=O)(=O)N(CCN1CCCCC1)C1CCCN(C(=O)Cc2ccncc2)C1. The van der Waals surface area contributed by atoms with Gasteiger partial charge in [-0.1, -0.05) is 6.42 Å². The molecule has 28 heavy (non-hydrogen) atoms. The lowest BCUT2D eigenvalue weighted by molar-refractivity contribution is -0.132. The molecule has 0 aliphatic carbocycles. The highest BCUT2D eigenvalue weighted by Gasteiger charge is 2.32. The zero-order chi connectivity index (χ0) is 20.0. The number of nitrogens with zero attached hydrogens (tertiary/aromatic N) is 4. The number of amides is 1. The number of carbonyl (C=O) groups is 1. The molecule has 2 fully saturated rings. The molecule has 0 bridgehead atoms. The summed E-state index contributed by atoms with van der Waals surface area (Å²) in [6.07, 6.45) is 10.3. The van der Waals surface area contributed by atoms with Crippen molar-refractivity contribution in [1.29, 1.82) is 0 Å². The molecular weight excluding hydrogens is 376 g/mol. The van der Waals surface area contributed by atoms with Gasteiger partial charge in [-0.25, -0.2) is 8.42 Å². The lowest BCUT2D eigenvalue weighted by Gasteiger charge is -2.39. The molecule has 1 atom stereocenters. The number of rotatable bonds is 7. The summed E-state index contributed by atoms with van der Waals surface area (Å²) in [5.41, 5.74) is 0.937. The van der Waals surface area contributed by atoms with Gasteiger partial charge in [0.15, 0.2) is 0 Å². The van der Waals surface area contributed by atoms with Crippen molar-refractivity contribution >= 4 is 15.9 Å². The Bertz CT molecular complexity index is 735. The van der Waals surface area contributed by atoms with E-state index in [9.17, 15) is 13.2 Å². The fourth-order valence-electron chi connectivity index (χ4n) is 4.25. The summed E-state index contributed by atoms with van der Waals surface area (Å²) in [4.78, 5) is 20.9. The molecule has 2 aliphatic heterocycles. The normalized spacial score (nSPS) is 21.8. The van der Waals surface area contributed by atoms with E-state index < -0.39 is 10.0 Å². The Balaban J connectivity index is 1.60. The Kier molecular flexibility index (Phi) is 7.42. The Labute approximate surface area is 168 Å². The molecule has 3 rings (SSSR count). The van der Waals surface area contributed by atoms with E-state index in [0.717, 1.165) is 38.0 Å². The second-order valence-electron chi connectivity index (χ2n) is 7.94. The van der Waals surface area contributed by atoms with Crippen molar-refractivity contribution in [3.63, 3.8) is 0 Å². The molecule has 0 spiro atoms. The molecule has 1 amide bonds. The van der Waals surface area contributed by atoms with Gasteiger partial charge >= 0.3 is 0 Å². The van der Waals surface area contributed by atoms with Crippen LogP contribution in [0.2, 0.25) is 0 Å². The molecule has 0 aromatic carbocycles. The van der Waals surface area contributed by atoms with E-state index in [1.165, 1.54) is 25.5 Å². The van der Waals surface area contributed by atoms with Crippen molar-refractivity contribution in [2.75, 3.05) is 45.5 Å². The number of pyridine rings is 1. The molecule has 7 nitrogen and oxygen atoms in total. The van der Waals surface area contributed by atoms with E-state index in [0.29, 0.717) is 26.1 Å². The molecule has 1 unspecified atom stereocenters. The van der Waals surface area contributed by atoms with Crippen LogP contribution in [0.5, 0.6) is 0 Å². The van der Waals surface area contributed by atoms with Crippen LogP contribution >= 0.6 is 0 Å². The average molecular weight is 409 g/mol. The van der Waals surface area contributed by atoms with Gasteiger partial charge < -0.3 is 9.80 Å². The molecule has 1 aromatic heterocycles. The van der Waals surface area contributed by atoms with Crippen LogP contribution in [0.15, 0.2) is 24.5 Å². The van der Waals surface area contributed by atoms with Gasteiger partial charge in [-0.3, -0.25) is 9.78 Å². The number of piperidine rings is 2. The van der Waals surface area contributed by atoms with E-state index in [1.54, 1.807) is 16.7 Å². The van der Waals surface area contributed by atoms with Gasteiger partial charge in [0.05, 0.1) is 12.7 Å². The monoisotopic (exact) mass is 408 g/mol. The number of carbonyl (C=O) groups excluding carboxylic acids is 1. The number of aromatic nitrogens is 1. The van der Waals surface area contributed by atoms with E-state index in [-0.39, 0.29) is 11.9 Å². The standard InChI is InChI=1S/C20H32N4O3S/c1-28(26,27)24(15-14-22-11-3-2-4-12-22)19-6-5-13-23(17-19)20(25)16-18-7-9-21-10-8-18/h7-10,19H,2-6,11-17H2,1H3. The zero-order valence-corrected chi connectivity index (χ0v) is 17.6. The maximum atomic E-state index is 12.7. The molecular formula is C20H32N4O3S. The zero-order valence-electron chi connectivity index (χ0n) is 16.8. The minimum absolute atomic E-state index is 0.0559. The van der Waals surface area contributed by atoms with Crippen LogP contribution in [0.4, 0.5) is 0 Å². The molecule has 0 radical (unpaired) electrons. The molecule has 2 aliphatic rings. The van der Waals surface area contributed by atoms with Crippen molar-refractivity contribution in [1.82, 2.24) is 19.1 Å². The third-order valence-corrected chi connectivity index (χ3v) is 7.11. The molecule has 8 heteroatoms. The third kappa shape index (κ3) is 5.99. The highest BCUT2D eigenvalue weighted by molar-refractivity contribution is 7.88. The first-order valence-electron chi connectivity index (χ1n) is 10.3. The first-order chi connectivity index (χ1) is 13.4. The van der Waals surface area contributed by atoms with Gasteiger partial charge in [-0.05, 0) is 56.5 Å². The number of hydrogen-bond donors (Lipinski definition) is 0. The van der Waals surface area contributed by atoms with Crippen LogP contribution in [-0.2, 0) is 21.2 Å². The summed E-state index contributed by atoms with van der Waals surface area (Å²) in [6.45, 7) is 4.57. The predicted molar refractivity (Wildman–Crippen MR) is 109 cm³/mol. The van der Waals surface area contributed by atoms with Crippen molar-refractivity contribution in [3.8, 4) is 0 Å². The fraction of sp³-hybridized carbons (Fsp3) is 0.700. The number of sulfonamides is 1. The topological polar surface area (TPSA) is 73.8 Å². The van der Waals surface area contributed by atoms with Gasteiger partial charge in [0, 0.05) is 44.6 Å². The van der Waals surface area contributed by atoms with E-state index >= 15 is 0 Å². The van der Waals surface area contributed by atoms with Gasteiger partial charge in [0.25, 0.3) is 0 Å². The Hall–Kier alpha value is -1.51. The van der Waals surface area contributed by atoms with Crippen LogP contribution in [0, 0.1) is 0 Å². The van der Waals surface area contributed by atoms with E-state index in [2.05, 4.69) is 9.88 Å². The van der Waals surface area contributed by atoms with Gasteiger partial charge in [0.2, 0.25) is 15.9 Å². The summed E-state index contributed by atoms with van der Waals surface area (Å²) in [5, 5.41) is 0. The van der Waals surface area contributed by atoms with Crippen LogP contribution in [0.3, 0.4) is 0 Å². The predicted octanol–water partition coefficient (Wildman–Crippen LogP) is 1.36. The smallest absolute Gasteiger partial charge is 0.227 e. The Morgan fingerprint density at radius 3 is 2.54 bits per heavy atom. The fourth-order valence-corrected chi connectivity index (χ4v) is 5.37.